The van der Waals surface area contributed by atoms with Gasteiger partial charge in [0.25, 0.3) is 6.43 Å². The Labute approximate surface area is 108 Å². The van der Waals surface area contributed by atoms with Gasteiger partial charge in [-0.2, -0.15) is 0 Å². The van der Waals surface area contributed by atoms with Gasteiger partial charge < -0.3 is 14.3 Å². The van der Waals surface area contributed by atoms with E-state index in [1.807, 2.05) is 6.92 Å². The molecule has 2 rings (SSSR count). The van der Waals surface area contributed by atoms with Gasteiger partial charge in [0, 0.05) is 13.0 Å². The van der Waals surface area contributed by atoms with Gasteiger partial charge in [0.1, 0.15) is 0 Å². The summed E-state index contributed by atoms with van der Waals surface area (Å²) in [5, 5.41) is 8.76. The summed E-state index contributed by atoms with van der Waals surface area (Å²) < 4.78 is 35.5. The smallest absolute Gasteiger partial charge is 0.374 e. The first-order valence-electron chi connectivity index (χ1n) is 6.13. The molecule has 0 spiro atoms. The highest BCUT2D eigenvalue weighted by Gasteiger charge is 2.33. The summed E-state index contributed by atoms with van der Waals surface area (Å²) in [6.45, 7) is 2.56. The Morgan fingerprint density at radius 1 is 1.58 bits per heavy atom. The lowest BCUT2D eigenvalue weighted by molar-refractivity contribution is -0.0256. The van der Waals surface area contributed by atoms with Crippen LogP contribution in [0.1, 0.15) is 48.3 Å². The highest BCUT2D eigenvalue weighted by molar-refractivity contribution is 5.85. The Kier molecular flexibility index (Phi) is 4.14. The van der Waals surface area contributed by atoms with Crippen LogP contribution < -0.4 is 0 Å². The number of alkyl halides is 2. The van der Waals surface area contributed by atoms with Crippen molar-refractivity contribution >= 4 is 5.97 Å². The van der Waals surface area contributed by atoms with Gasteiger partial charge in [-0.25, -0.2) is 18.6 Å². The van der Waals surface area contributed by atoms with Crippen LogP contribution in [-0.2, 0) is 11.2 Å². The Morgan fingerprint density at radius 2 is 2.26 bits per heavy atom. The zero-order chi connectivity index (χ0) is 14.0. The third-order valence-electron chi connectivity index (χ3n) is 3.16. The van der Waals surface area contributed by atoms with E-state index in [1.54, 1.807) is 0 Å². The first-order valence-corrected chi connectivity index (χ1v) is 6.13. The van der Waals surface area contributed by atoms with Crippen LogP contribution in [0.25, 0.3) is 0 Å². The number of ether oxygens (including phenoxy) is 1. The summed E-state index contributed by atoms with van der Waals surface area (Å²) in [6, 6.07) is 0. The van der Waals surface area contributed by atoms with E-state index in [1.165, 1.54) is 0 Å². The largest absolute Gasteiger partial charge is 0.475 e. The van der Waals surface area contributed by atoms with Gasteiger partial charge >= 0.3 is 5.97 Å². The molecule has 7 heteroatoms. The minimum Gasteiger partial charge on any atom is -0.475 e. The van der Waals surface area contributed by atoms with Crippen molar-refractivity contribution in [3.63, 3.8) is 0 Å². The van der Waals surface area contributed by atoms with E-state index in [0.29, 0.717) is 13.0 Å². The second-order valence-corrected chi connectivity index (χ2v) is 4.55. The van der Waals surface area contributed by atoms with Crippen LogP contribution in [0.15, 0.2) is 4.42 Å². The Balaban J connectivity index is 1.98. The number of carboxylic acid groups (broad SMARTS) is 1. The number of carbonyl (C=O) groups is 1. The molecule has 19 heavy (non-hydrogen) atoms. The summed E-state index contributed by atoms with van der Waals surface area (Å²) in [4.78, 5) is 14.3. The fourth-order valence-electron chi connectivity index (χ4n) is 2.23. The molecule has 106 valence electrons. The second kappa shape index (κ2) is 5.64. The van der Waals surface area contributed by atoms with Crippen LogP contribution in [0.5, 0.6) is 0 Å². The number of hydrogen-bond acceptors (Lipinski definition) is 4. The van der Waals surface area contributed by atoms with Gasteiger partial charge in [0.15, 0.2) is 11.6 Å². The molecule has 1 saturated carbocycles. The molecule has 1 heterocycles. The van der Waals surface area contributed by atoms with Crippen LogP contribution in [0.3, 0.4) is 0 Å². The molecule has 1 aromatic rings. The highest BCUT2D eigenvalue weighted by Crippen LogP contribution is 2.33. The van der Waals surface area contributed by atoms with Crippen molar-refractivity contribution in [3.05, 3.63) is 17.3 Å². The van der Waals surface area contributed by atoms with E-state index in [4.69, 9.17) is 14.3 Å². The van der Waals surface area contributed by atoms with Gasteiger partial charge in [-0.05, 0) is 25.7 Å². The summed E-state index contributed by atoms with van der Waals surface area (Å²) >= 11 is 0. The molecule has 0 radical (unpaired) electrons. The first-order chi connectivity index (χ1) is 9.01. The molecule has 1 N–H and O–H groups in total. The molecule has 1 aromatic heterocycles. The molecule has 0 atom stereocenters. The molecule has 0 bridgehead atoms. The average Bonchev–Trinajstić information content (AvgIpc) is 2.70. The number of aromatic nitrogens is 1. The van der Waals surface area contributed by atoms with Crippen LogP contribution >= 0.6 is 0 Å². The molecule has 0 saturated heterocycles. The lowest BCUT2D eigenvalue weighted by atomic mass is 9.80. The maximum atomic E-state index is 12.6. The van der Waals surface area contributed by atoms with Gasteiger partial charge in [-0.3, -0.25) is 0 Å². The number of aromatic carboxylic acids is 1. The monoisotopic (exact) mass is 275 g/mol. The van der Waals surface area contributed by atoms with Crippen molar-refractivity contribution in [3.8, 4) is 0 Å². The van der Waals surface area contributed by atoms with Crippen LogP contribution in [0.4, 0.5) is 8.78 Å². The quantitative estimate of drug-likeness (QED) is 0.864. The molecule has 0 aliphatic heterocycles. The number of nitrogens with zero attached hydrogens (tertiary/aromatic N) is 1. The van der Waals surface area contributed by atoms with E-state index < -0.39 is 23.8 Å². The normalized spacial score (nSPS) is 22.5. The molecule has 1 aliphatic rings. The third-order valence-corrected chi connectivity index (χ3v) is 3.16. The lowest BCUT2D eigenvalue weighted by Crippen LogP contribution is -2.32. The number of hydrogen-bond donors (Lipinski definition) is 1. The third kappa shape index (κ3) is 3.09. The molecule has 0 amide bonds. The summed E-state index contributed by atoms with van der Waals surface area (Å²) in [6.07, 6.45) is -0.721. The average molecular weight is 275 g/mol. The predicted octanol–water partition coefficient (Wildman–Crippen LogP) is 2.67. The molecule has 5 nitrogen and oxygen atoms in total. The van der Waals surface area contributed by atoms with Crippen molar-refractivity contribution in [1.82, 2.24) is 4.98 Å². The Hall–Kier alpha value is -1.50. The predicted molar refractivity (Wildman–Crippen MR) is 60.3 cm³/mol. The summed E-state index contributed by atoms with van der Waals surface area (Å²) in [7, 11) is 0. The fraction of sp³-hybridized carbons (Fsp3) is 0.667. The van der Waals surface area contributed by atoms with Gasteiger partial charge in [-0.1, -0.05) is 0 Å². The van der Waals surface area contributed by atoms with Crippen LogP contribution in [-0.4, -0.2) is 28.8 Å². The lowest BCUT2D eigenvalue weighted by Gasteiger charge is -2.34. The Bertz CT molecular complexity index is 455. The highest BCUT2D eigenvalue weighted by atomic mass is 19.3. The van der Waals surface area contributed by atoms with Crippen molar-refractivity contribution in [2.45, 2.75) is 38.7 Å². The second-order valence-electron chi connectivity index (χ2n) is 4.55. The van der Waals surface area contributed by atoms with E-state index >= 15 is 0 Å². The zero-order valence-electron chi connectivity index (χ0n) is 10.4. The Morgan fingerprint density at radius 3 is 2.74 bits per heavy atom. The molecule has 0 aromatic carbocycles. The van der Waals surface area contributed by atoms with Crippen molar-refractivity contribution < 1.29 is 27.8 Å². The minimum atomic E-state index is -2.94. The van der Waals surface area contributed by atoms with Crippen molar-refractivity contribution in [2.75, 3.05) is 6.61 Å². The first kappa shape index (κ1) is 13.9. The number of carboxylic acids is 1. The molecular formula is C12H15F2NO4. The minimum absolute atomic E-state index is 0.0626. The van der Waals surface area contributed by atoms with Crippen molar-refractivity contribution in [2.24, 2.45) is 5.92 Å². The fourth-order valence-corrected chi connectivity index (χ4v) is 2.23. The molecule has 1 aliphatic carbocycles. The SMILES string of the molecule is CCOC1CC(Cc2nc(C(F)F)c(C(=O)O)o2)C1. The molecule has 1 fully saturated rings. The van der Waals surface area contributed by atoms with Crippen LogP contribution in [0, 0.1) is 5.92 Å². The number of halogens is 2. The van der Waals surface area contributed by atoms with Gasteiger partial charge in [0.2, 0.25) is 5.76 Å². The number of oxazole rings is 1. The van der Waals surface area contributed by atoms with E-state index in [0.717, 1.165) is 12.8 Å². The topological polar surface area (TPSA) is 72.6 Å². The summed E-state index contributed by atoms with van der Waals surface area (Å²) in [5.74, 6) is -1.96. The zero-order valence-corrected chi connectivity index (χ0v) is 10.4. The van der Waals surface area contributed by atoms with Gasteiger partial charge in [0.05, 0.1) is 6.10 Å². The molecular weight excluding hydrogens is 260 g/mol. The maximum Gasteiger partial charge on any atom is 0.374 e. The molecule has 0 unspecified atom stereocenters. The summed E-state index contributed by atoms with van der Waals surface area (Å²) in [5.41, 5.74) is -0.789. The van der Waals surface area contributed by atoms with Crippen molar-refractivity contribution in [1.29, 1.82) is 0 Å². The van der Waals surface area contributed by atoms with E-state index in [-0.39, 0.29) is 17.9 Å². The number of rotatable bonds is 6. The maximum absolute atomic E-state index is 12.6. The van der Waals surface area contributed by atoms with Gasteiger partial charge in [-0.15, -0.1) is 0 Å². The van der Waals surface area contributed by atoms with Crippen LogP contribution in [0.2, 0.25) is 0 Å². The van der Waals surface area contributed by atoms with E-state index in [2.05, 4.69) is 4.98 Å². The standard InChI is InChI=1S/C12H15F2NO4/c1-2-18-7-3-6(4-7)5-8-15-9(11(13)14)10(19-8)12(16)17/h6-7,11H,2-5H2,1H3,(H,16,17). The van der Waals surface area contributed by atoms with E-state index in [9.17, 15) is 13.6 Å².